The Morgan fingerprint density at radius 1 is 1.31 bits per heavy atom. The van der Waals surface area contributed by atoms with Crippen molar-refractivity contribution < 1.29 is 18.7 Å². The molecule has 16 heavy (non-hydrogen) atoms. The first-order valence-corrected chi connectivity index (χ1v) is 5.17. The van der Waals surface area contributed by atoms with Crippen LogP contribution >= 0.6 is 0 Å². The Morgan fingerprint density at radius 2 is 1.88 bits per heavy atom. The molecule has 0 spiro atoms. The van der Waals surface area contributed by atoms with Crippen LogP contribution in [-0.4, -0.2) is 42.2 Å². The lowest BCUT2D eigenvalue weighted by molar-refractivity contribution is -0.123. The molecule has 1 amide bonds. The second-order valence-electron chi connectivity index (χ2n) is 4.72. The number of amides is 1. The standard InChI is InChI=1S/C10H20F2N2O2/c1-9(2,3)14-5-4-8(16)13-6-10(11,12)7-15/h14-15H,4-7H2,1-3H3,(H,13,16). The van der Waals surface area contributed by atoms with E-state index in [1.165, 1.54) is 0 Å². The van der Waals surface area contributed by atoms with Gasteiger partial charge in [0.15, 0.2) is 0 Å². The number of alkyl halides is 2. The zero-order valence-electron chi connectivity index (χ0n) is 9.94. The van der Waals surface area contributed by atoms with Gasteiger partial charge in [-0.05, 0) is 20.8 Å². The van der Waals surface area contributed by atoms with E-state index in [9.17, 15) is 13.6 Å². The molecule has 0 aliphatic carbocycles. The zero-order chi connectivity index (χ0) is 12.8. The Labute approximate surface area is 94.4 Å². The van der Waals surface area contributed by atoms with Crippen molar-refractivity contribution in [1.82, 2.24) is 10.6 Å². The highest BCUT2D eigenvalue weighted by Crippen LogP contribution is 2.09. The molecule has 0 saturated carbocycles. The first-order chi connectivity index (χ1) is 7.16. The summed E-state index contributed by atoms with van der Waals surface area (Å²) in [5.41, 5.74) is -0.102. The molecule has 0 atom stereocenters. The Bertz CT molecular complexity index is 227. The second kappa shape index (κ2) is 6.10. The summed E-state index contributed by atoms with van der Waals surface area (Å²) in [5.74, 6) is -3.70. The van der Waals surface area contributed by atoms with Crippen molar-refractivity contribution in [3.63, 3.8) is 0 Å². The van der Waals surface area contributed by atoms with Gasteiger partial charge in [0.1, 0.15) is 6.61 Å². The fourth-order valence-electron chi connectivity index (χ4n) is 0.923. The second-order valence-corrected chi connectivity index (χ2v) is 4.72. The van der Waals surface area contributed by atoms with E-state index in [-0.39, 0.29) is 12.0 Å². The van der Waals surface area contributed by atoms with Crippen LogP contribution in [-0.2, 0) is 4.79 Å². The third kappa shape index (κ3) is 8.55. The van der Waals surface area contributed by atoms with Crippen molar-refractivity contribution in [2.75, 3.05) is 19.7 Å². The minimum Gasteiger partial charge on any atom is -0.390 e. The van der Waals surface area contributed by atoms with Crippen LogP contribution in [0.15, 0.2) is 0 Å². The van der Waals surface area contributed by atoms with E-state index in [0.29, 0.717) is 6.54 Å². The maximum absolute atomic E-state index is 12.5. The number of hydrogen-bond donors (Lipinski definition) is 3. The van der Waals surface area contributed by atoms with Crippen LogP contribution < -0.4 is 10.6 Å². The lowest BCUT2D eigenvalue weighted by atomic mass is 10.1. The molecule has 0 aromatic heterocycles. The lowest BCUT2D eigenvalue weighted by Gasteiger charge is -2.20. The average molecular weight is 238 g/mol. The molecule has 0 aromatic carbocycles. The summed E-state index contributed by atoms with van der Waals surface area (Å²) in [5, 5.41) is 13.4. The molecular weight excluding hydrogens is 218 g/mol. The lowest BCUT2D eigenvalue weighted by Crippen LogP contribution is -2.41. The Balaban J connectivity index is 3.68. The van der Waals surface area contributed by atoms with Gasteiger partial charge in [-0.3, -0.25) is 4.79 Å². The number of nitrogens with one attached hydrogen (secondary N) is 2. The molecule has 0 saturated heterocycles. The summed E-state index contributed by atoms with van der Waals surface area (Å²) in [7, 11) is 0. The molecule has 0 aliphatic heterocycles. The molecule has 0 fully saturated rings. The zero-order valence-corrected chi connectivity index (χ0v) is 9.94. The first-order valence-electron chi connectivity index (χ1n) is 5.17. The third-order valence-corrected chi connectivity index (χ3v) is 1.78. The molecule has 96 valence electrons. The predicted molar refractivity (Wildman–Crippen MR) is 57.4 cm³/mol. The molecule has 0 rings (SSSR count). The molecule has 0 radical (unpaired) electrons. The van der Waals surface area contributed by atoms with Crippen molar-refractivity contribution in [3.8, 4) is 0 Å². The summed E-state index contributed by atoms with van der Waals surface area (Å²) >= 11 is 0. The third-order valence-electron chi connectivity index (χ3n) is 1.78. The van der Waals surface area contributed by atoms with E-state index in [1.54, 1.807) is 0 Å². The van der Waals surface area contributed by atoms with Crippen molar-refractivity contribution in [2.24, 2.45) is 0 Å². The monoisotopic (exact) mass is 238 g/mol. The van der Waals surface area contributed by atoms with Gasteiger partial charge in [-0.2, -0.15) is 0 Å². The van der Waals surface area contributed by atoms with Gasteiger partial charge >= 0.3 is 0 Å². The van der Waals surface area contributed by atoms with Crippen LogP contribution in [0.25, 0.3) is 0 Å². The van der Waals surface area contributed by atoms with Crippen LogP contribution in [0.5, 0.6) is 0 Å². The number of hydrogen-bond acceptors (Lipinski definition) is 3. The minimum absolute atomic E-state index is 0.102. The van der Waals surface area contributed by atoms with Gasteiger partial charge in [-0.15, -0.1) is 0 Å². The molecular formula is C10H20F2N2O2. The summed E-state index contributed by atoms with van der Waals surface area (Å²) in [4.78, 5) is 11.1. The van der Waals surface area contributed by atoms with Crippen LogP contribution in [0.1, 0.15) is 27.2 Å². The maximum Gasteiger partial charge on any atom is 0.287 e. The van der Waals surface area contributed by atoms with Gasteiger partial charge in [0, 0.05) is 18.5 Å². The number of aliphatic hydroxyl groups is 1. The largest absolute Gasteiger partial charge is 0.390 e. The van der Waals surface area contributed by atoms with Crippen LogP contribution in [0.3, 0.4) is 0 Å². The van der Waals surface area contributed by atoms with Crippen molar-refractivity contribution >= 4 is 5.91 Å². The molecule has 0 aromatic rings. The van der Waals surface area contributed by atoms with E-state index in [0.717, 1.165) is 0 Å². The maximum atomic E-state index is 12.5. The van der Waals surface area contributed by atoms with E-state index >= 15 is 0 Å². The van der Waals surface area contributed by atoms with Gasteiger partial charge in [0.25, 0.3) is 5.92 Å². The fourth-order valence-corrected chi connectivity index (χ4v) is 0.923. The quantitative estimate of drug-likeness (QED) is 0.632. The van der Waals surface area contributed by atoms with Crippen molar-refractivity contribution in [1.29, 1.82) is 0 Å². The smallest absolute Gasteiger partial charge is 0.287 e. The van der Waals surface area contributed by atoms with Crippen molar-refractivity contribution in [2.45, 2.75) is 38.7 Å². The van der Waals surface area contributed by atoms with Crippen LogP contribution in [0.2, 0.25) is 0 Å². The number of aliphatic hydroxyl groups excluding tert-OH is 1. The highest BCUT2D eigenvalue weighted by atomic mass is 19.3. The summed E-state index contributed by atoms with van der Waals surface area (Å²) in [6.07, 6.45) is 0.138. The molecule has 0 heterocycles. The van der Waals surface area contributed by atoms with Gasteiger partial charge in [-0.1, -0.05) is 0 Å². The fraction of sp³-hybridized carbons (Fsp3) is 0.900. The average Bonchev–Trinajstić information content (AvgIpc) is 2.13. The summed E-state index contributed by atoms with van der Waals surface area (Å²) < 4.78 is 25.1. The van der Waals surface area contributed by atoms with Gasteiger partial charge < -0.3 is 15.7 Å². The Hall–Kier alpha value is -0.750. The molecule has 4 nitrogen and oxygen atoms in total. The molecule has 0 aliphatic rings. The number of carbonyl (C=O) groups excluding carboxylic acids is 1. The highest BCUT2D eigenvalue weighted by molar-refractivity contribution is 5.76. The normalized spacial score (nSPS) is 12.6. The molecule has 3 N–H and O–H groups in total. The van der Waals surface area contributed by atoms with E-state index in [2.05, 4.69) is 10.6 Å². The first kappa shape index (κ1) is 15.2. The topological polar surface area (TPSA) is 61.4 Å². The SMILES string of the molecule is CC(C)(C)NCCC(=O)NCC(F)(F)CO. The van der Waals surface area contributed by atoms with Crippen molar-refractivity contribution in [3.05, 3.63) is 0 Å². The van der Waals surface area contributed by atoms with Crippen LogP contribution in [0, 0.1) is 0 Å². The van der Waals surface area contributed by atoms with Gasteiger partial charge in [0.05, 0.1) is 6.54 Å². The minimum atomic E-state index is -3.24. The molecule has 0 unspecified atom stereocenters. The predicted octanol–water partition coefficient (Wildman–Crippen LogP) is 0.508. The number of halogens is 2. The summed E-state index contributed by atoms with van der Waals surface area (Å²) in [6.45, 7) is 4.20. The molecule has 0 bridgehead atoms. The molecule has 6 heteroatoms. The van der Waals surface area contributed by atoms with E-state index < -0.39 is 25.0 Å². The highest BCUT2D eigenvalue weighted by Gasteiger charge is 2.27. The summed E-state index contributed by atoms with van der Waals surface area (Å²) in [6, 6.07) is 0. The van der Waals surface area contributed by atoms with E-state index in [4.69, 9.17) is 5.11 Å². The van der Waals surface area contributed by atoms with E-state index in [1.807, 2.05) is 20.8 Å². The Morgan fingerprint density at radius 3 is 2.31 bits per heavy atom. The van der Waals surface area contributed by atoms with Crippen LogP contribution in [0.4, 0.5) is 8.78 Å². The van der Waals surface area contributed by atoms with Gasteiger partial charge in [-0.25, -0.2) is 8.78 Å². The number of rotatable bonds is 6. The number of carbonyl (C=O) groups is 1. The van der Waals surface area contributed by atoms with Gasteiger partial charge in [0.2, 0.25) is 5.91 Å². The Kier molecular flexibility index (Phi) is 5.81.